The van der Waals surface area contributed by atoms with Crippen LogP contribution in [0.1, 0.15) is 25.2 Å². The Morgan fingerprint density at radius 1 is 1.30 bits per heavy atom. The highest BCUT2D eigenvalue weighted by Crippen LogP contribution is 2.24. The summed E-state index contributed by atoms with van der Waals surface area (Å²) in [6, 6.07) is 6.57. The van der Waals surface area contributed by atoms with Gasteiger partial charge in [0.05, 0.1) is 6.54 Å². The normalized spacial score (nSPS) is 11.6. The van der Waals surface area contributed by atoms with Crippen molar-refractivity contribution in [3.05, 3.63) is 41.5 Å². The van der Waals surface area contributed by atoms with Crippen LogP contribution in [0.25, 0.3) is 0 Å². The second kappa shape index (κ2) is 6.25. The van der Waals surface area contributed by atoms with E-state index in [1.165, 1.54) is 23.7 Å². The highest BCUT2D eigenvalue weighted by molar-refractivity contribution is 7.09. The third-order valence-corrected chi connectivity index (χ3v) is 3.75. The van der Waals surface area contributed by atoms with Crippen molar-refractivity contribution in [2.24, 2.45) is 5.84 Å². The molecule has 0 aliphatic heterocycles. The minimum absolute atomic E-state index is 0.133. The fraction of sp³-hybridized carbons (Fsp3) is 0.385. The Morgan fingerprint density at radius 2 is 2.00 bits per heavy atom. The van der Waals surface area contributed by atoms with E-state index in [1.807, 2.05) is 0 Å². The van der Waals surface area contributed by atoms with Gasteiger partial charge >= 0.3 is 0 Å². The maximum Gasteiger partial charge on any atom is 0.202 e. The average Bonchev–Trinajstić information content (AvgIpc) is 2.85. The lowest BCUT2D eigenvalue weighted by atomic mass is 9.85. The van der Waals surface area contributed by atoms with Gasteiger partial charge in [0.15, 0.2) is 5.82 Å². The Bertz CT molecular complexity index is 552. The number of halogens is 1. The van der Waals surface area contributed by atoms with Gasteiger partial charge in [0.1, 0.15) is 5.82 Å². The number of anilines is 1. The van der Waals surface area contributed by atoms with Crippen LogP contribution in [0.5, 0.6) is 0 Å². The van der Waals surface area contributed by atoms with Crippen molar-refractivity contribution < 1.29 is 4.39 Å². The predicted molar refractivity (Wildman–Crippen MR) is 78.9 cm³/mol. The van der Waals surface area contributed by atoms with Crippen LogP contribution < -0.4 is 16.6 Å². The zero-order chi connectivity index (χ0) is 14.6. The molecule has 0 radical (unpaired) electrons. The molecular weight excluding hydrogens is 277 g/mol. The molecule has 0 atom stereocenters. The number of hydrazine groups is 1. The van der Waals surface area contributed by atoms with E-state index >= 15 is 0 Å². The first-order valence-electron chi connectivity index (χ1n) is 6.27. The smallest absolute Gasteiger partial charge is 0.202 e. The number of aromatic nitrogens is 2. The summed E-state index contributed by atoms with van der Waals surface area (Å²) in [6.45, 7) is 5.32. The summed E-state index contributed by atoms with van der Waals surface area (Å²) in [6.07, 6.45) is 0. The lowest BCUT2D eigenvalue weighted by molar-refractivity contribution is 0.553. The van der Waals surface area contributed by atoms with Gasteiger partial charge in [-0.25, -0.2) is 9.37 Å². The van der Waals surface area contributed by atoms with Gasteiger partial charge in [0.2, 0.25) is 5.13 Å². The van der Waals surface area contributed by atoms with E-state index in [4.69, 9.17) is 5.84 Å². The molecule has 4 N–H and O–H groups in total. The molecule has 1 aromatic heterocycles. The molecule has 0 bridgehead atoms. The van der Waals surface area contributed by atoms with Crippen molar-refractivity contribution in [1.29, 1.82) is 0 Å². The molecule has 0 saturated carbocycles. The minimum atomic E-state index is -0.222. The van der Waals surface area contributed by atoms with Crippen LogP contribution in [0.3, 0.4) is 0 Å². The van der Waals surface area contributed by atoms with Crippen LogP contribution in [-0.2, 0) is 12.0 Å². The van der Waals surface area contributed by atoms with E-state index in [-0.39, 0.29) is 11.2 Å². The predicted octanol–water partition coefficient (Wildman–Crippen LogP) is 2.03. The molecule has 7 heteroatoms. The molecule has 0 saturated heterocycles. The summed E-state index contributed by atoms with van der Waals surface area (Å²) in [7, 11) is 0. The fourth-order valence-electron chi connectivity index (χ4n) is 1.79. The van der Waals surface area contributed by atoms with E-state index in [0.717, 1.165) is 10.7 Å². The highest BCUT2D eigenvalue weighted by atomic mass is 32.1. The van der Waals surface area contributed by atoms with Gasteiger partial charge in [0.25, 0.3) is 0 Å². The molecule has 1 heterocycles. The number of nitrogens with one attached hydrogen (secondary N) is 2. The largest absolute Gasteiger partial charge is 0.359 e. The first-order chi connectivity index (χ1) is 9.51. The third-order valence-electron chi connectivity index (χ3n) is 3.04. The van der Waals surface area contributed by atoms with Crippen molar-refractivity contribution in [2.75, 3.05) is 11.9 Å². The lowest BCUT2D eigenvalue weighted by Gasteiger charge is -2.25. The zero-order valence-electron chi connectivity index (χ0n) is 11.5. The Hall–Kier alpha value is -1.57. The monoisotopic (exact) mass is 295 g/mol. The fourth-order valence-corrected chi connectivity index (χ4v) is 2.37. The molecule has 20 heavy (non-hydrogen) atoms. The molecule has 0 fully saturated rings. The van der Waals surface area contributed by atoms with E-state index in [9.17, 15) is 4.39 Å². The molecule has 0 aliphatic carbocycles. The number of hydrogen-bond acceptors (Lipinski definition) is 6. The minimum Gasteiger partial charge on any atom is -0.359 e. The highest BCUT2D eigenvalue weighted by Gasteiger charge is 2.21. The van der Waals surface area contributed by atoms with Gasteiger partial charge in [-0.1, -0.05) is 26.0 Å². The molecule has 0 aliphatic rings. The SMILES string of the molecule is CC(C)(CNc1nc(CNN)ns1)c1ccc(F)cc1. The second-order valence-electron chi connectivity index (χ2n) is 5.14. The first-order valence-corrected chi connectivity index (χ1v) is 7.04. The Balaban J connectivity index is 1.99. The maximum atomic E-state index is 13.0. The van der Waals surface area contributed by atoms with Gasteiger partial charge in [-0.3, -0.25) is 11.3 Å². The summed E-state index contributed by atoms with van der Waals surface area (Å²) < 4.78 is 17.1. The summed E-state index contributed by atoms with van der Waals surface area (Å²) in [4.78, 5) is 4.30. The number of benzene rings is 1. The lowest BCUT2D eigenvalue weighted by Crippen LogP contribution is -2.27. The zero-order valence-corrected chi connectivity index (χ0v) is 12.3. The summed E-state index contributed by atoms with van der Waals surface area (Å²) >= 11 is 1.30. The Morgan fingerprint density at radius 3 is 2.65 bits per heavy atom. The molecule has 1 aromatic carbocycles. The van der Waals surface area contributed by atoms with Crippen molar-refractivity contribution in [3.8, 4) is 0 Å². The third kappa shape index (κ3) is 3.72. The second-order valence-corrected chi connectivity index (χ2v) is 5.89. The van der Waals surface area contributed by atoms with E-state index in [1.54, 1.807) is 12.1 Å². The molecule has 5 nitrogen and oxygen atoms in total. The Kier molecular flexibility index (Phi) is 4.64. The topological polar surface area (TPSA) is 75.9 Å². The number of hydrogen-bond donors (Lipinski definition) is 3. The van der Waals surface area contributed by atoms with Crippen molar-refractivity contribution >= 4 is 16.7 Å². The number of nitrogens with zero attached hydrogens (tertiary/aromatic N) is 2. The van der Waals surface area contributed by atoms with E-state index < -0.39 is 0 Å². The van der Waals surface area contributed by atoms with Gasteiger partial charge < -0.3 is 5.32 Å². The van der Waals surface area contributed by atoms with E-state index in [2.05, 4.69) is 33.9 Å². The molecule has 0 spiro atoms. The summed E-state index contributed by atoms with van der Waals surface area (Å²) in [5.74, 6) is 5.67. The van der Waals surface area contributed by atoms with Crippen LogP contribution >= 0.6 is 11.5 Å². The van der Waals surface area contributed by atoms with Crippen LogP contribution in [0.15, 0.2) is 24.3 Å². The summed E-state index contributed by atoms with van der Waals surface area (Å²) in [5.41, 5.74) is 3.46. The van der Waals surface area contributed by atoms with Crippen molar-refractivity contribution in [3.63, 3.8) is 0 Å². The van der Waals surface area contributed by atoms with Gasteiger partial charge in [-0.05, 0) is 17.7 Å². The van der Waals surface area contributed by atoms with Crippen LogP contribution in [-0.4, -0.2) is 15.9 Å². The summed E-state index contributed by atoms with van der Waals surface area (Å²) in [5, 5.41) is 4.01. The standard InChI is InChI=1S/C13H18FN5S/c1-13(2,9-3-5-10(14)6-4-9)8-16-12-18-11(7-17-15)19-20-12/h3-6,17H,7-8,15H2,1-2H3,(H,16,18,19). The molecule has 0 amide bonds. The number of nitrogens with two attached hydrogens (primary N) is 1. The number of rotatable bonds is 6. The van der Waals surface area contributed by atoms with Crippen LogP contribution in [0.2, 0.25) is 0 Å². The quantitative estimate of drug-likeness (QED) is 0.561. The molecule has 108 valence electrons. The molecular formula is C13H18FN5S. The van der Waals surface area contributed by atoms with Crippen LogP contribution in [0.4, 0.5) is 9.52 Å². The van der Waals surface area contributed by atoms with Gasteiger partial charge in [-0.15, -0.1) is 0 Å². The maximum absolute atomic E-state index is 13.0. The molecule has 2 rings (SSSR count). The van der Waals surface area contributed by atoms with Crippen molar-refractivity contribution in [2.45, 2.75) is 25.8 Å². The van der Waals surface area contributed by atoms with E-state index in [0.29, 0.717) is 18.9 Å². The molecule has 0 unspecified atom stereocenters. The van der Waals surface area contributed by atoms with Gasteiger partial charge in [-0.2, -0.15) is 4.37 Å². The van der Waals surface area contributed by atoms with Crippen molar-refractivity contribution in [1.82, 2.24) is 14.8 Å². The molecule has 2 aromatic rings. The van der Waals surface area contributed by atoms with Gasteiger partial charge in [0, 0.05) is 23.5 Å². The first kappa shape index (κ1) is 14.8. The van der Waals surface area contributed by atoms with Crippen LogP contribution in [0, 0.1) is 5.82 Å². The average molecular weight is 295 g/mol. The Labute approximate surface area is 121 Å².